The maximum absolute atomic E-state index is 13.1. The maximum atomic E-state index is 13.1. The number of carbonyl (C=O) groups is 1. The van der Waals surface area contributed by atoms with E-state index in [1.807, 2.05) is 32.0 Å². The molecule has 0 aliphatic rings. The number of amides is 1. The number of sulfonamides is 1. The van der Waals surface area contributed by atoms with E-state index in [9.17, 15) is 17.6 Å². The lowest BCUT2D eigenvalue weighted by Crippen LogP contribution is -2.48. The second kappa shape index (κ2) is 9.05. The summed E-state index contributed by atoms with van der Waals surface area (Å²) in [5, 5.41) is 2.67. The second-order valence-corrected chi connectivity index (χ2v) is 8.48. The molecule has 0 fully saturated rings. The Morgan fingerprint density at radius 2 is 1.82 bits per heavy atom. The second-order valence-electron chi connectivity index (χ2n) is 6.62. The van der Waals surface area contributed by atoms with Crippen LogP contribution in [0.4, 0.5) is 10.1 Å². The molecule has 0 radical (unpaired) electrons. The summed E-state index contributed by atoms with van der Waals surface area (Å²) >= 11 is 0. The van der Waals surface area contributed by atoms with Crippen molar-refractivity contribution >= 4 is 21.6 Å². The summed E-state index contributed by atoms with van der Waals surface area (Å²) in [5.74, 6) is -0.228. The summed E-state index contributed by atoms with van der Waals surface area (Å²) in [6.07, 6.45) is 1.00. The largest absolute Gasteiger partial charge is 0.491 e. The van der Waals surface area contributed by atoms with E-state index in [0.717, 1.165) is 39.6 Å². The van der Waals surface area contributed by atoms with Crippen LogP contribution in [0.25, 0.3) is 0 Å². The van der Waals surface area contributed by atoms with E-state index in [2.05, 4.69) is 5.32 Å². The molecule has 0 bridgehead atoms. The van der Waals surface area contributed by atoms with E-state index in [4.69, 9.17) is 4.74 Å². The van der Waals surface area contributed by atoms with Gasteiger partial charge in [-0.3, -0.25) is 9.10 Å². The van der Waals surface area contributed by atoms with Crippen molar-refractivity contribution in [1.29, 1.82) is 0 Å². The van der Waals surface area contributed by atoms with Crippen LogP contribution in [-0.2, 0) is 14.8 Å². The first-order valence-corrected chi connectivity index (χ1v) is 10.7. The van der Waals surface area contributed by atoms with Gasteiger partial charge in [-0.05, 0) is 56.7 Å². The lowest BCUT2D eigenvalue weighted by Gasteiger charge is -2.28. The summed E-state index contributed by atoms with van der Waals surface area (Å²) in [7, 11) is -3.74. The molecule has 1 N–H and O–H groups in total. The van der Waals surface area contributed by atoms with Gasteiger partial charge < -0.3 is 10.1 Å². The maximum Gasteiger partial charge on any atom is 0.243 e. The van der Waals surface area contributed by atoms with Crippen molar-refractivity contribution in [3.8, 4) is 5.75 Å². The van der Waals surface area contributed by atoms with E-state index in [0.29, 0.717) is 0 Å². The van der Waals surface area contributed by atoms with Gasteiger partial charge in [0, 0.05) is 0 Å². The fourth-order valence-corrected chi connectivity index (χ4v) is 4.02. The molecule has 6 nitrogen and oxygen atoms in total. The van der Waals surface area contributed by atoms with Crippen LogP contribution in [0, 0.1) is 19.7 Å². The highest BCUT2D eigenvalue weighted by Crippen LogP contribution is 2.21. The van der Waals surface area contributed by atoms with Crippen LogP contribution < -0.4 is 14.4 Å². The van der Waals surface area contributed by atoms with E-state index in [1.165, 1.54) is 19.1 Å². The van der Waals surface area contributed by atoms with Crippen LogP contribution in [-0.4, -0.2) is 39.8 Å². The fraction of sp³-hybridized carbons (Fsp3) is 0.350. The van der Waals surface area contributed by atoms with Crippen molar-refractivity contribution < 1.29 is 22.3 Å². The zero-order valence-electron chi connectivity index (χ0n) is 16.4. The zero-order valence-corrected chi connectivity index (χ0v) is 17.2. The van der Waals surface area contributed by atoms with Crippen molar-refractivity contribution in [2.75, 3.05) is 23.7 Å². The average Bonchev–Trinajstić information content (AvgIpc) is 2.60. The molecule has 28 heavy (non-hydrogen) atoms. The quantitative estimate of drug-likeness (QED) is 0.682. The molecule has 0 aliphatic heterocycles. The molecule has 2 aromatic rings. The van der Waals surface area contributed by atoms with Crippen LogP contribution >= 0.6 is 0 Å². The minimum Gasteiger partial charge on any atom is -0.491 e. The first kappa shape index (κ1) is 21.7. The van der Waals surface area contributed by atoms with Gasteiger partial charge in [0.25, 0.3) is 0 Å². The average molecular weight is 408 g/mol. The number of nitrogens with zero attached hydrogens (tertiary/aromatic N) is 1. The number of ether oxygens (including phenoxy) is 1. The Morgan fingerprint density at radius 1 is 1.18 bits per heavy atom. The Hall–Kier alpha value is -2.61. The molecule has 0 unspecified atom stereocenters. The summed E-state index contributed by atoms with van der Waals surface area (Å²) in [4.78, 5) is 12.4. The number of carbonyl (C=O) groups excluding carboxylic acids is 1. The Balaban J connectivity index is 1.98. The number of nitrogens with one attached hydrogen (secondary N) is 1. The number of aryl methyl sites for hydroxylation is 2. The van der Waals surface area contributed by atoms with Crippen molar-refractivity contribution in [2.45, 2.75) is 26.8 Å². The molecule has 0 aromatic heterocycles. The topological polar surface area (TPSA) is 75.7 Å². The van der Waals surface area contributed by atoms with Crippen LogP contribution in [0.2, 0.25) is 0 Å². The molecule has 1 atom stereocenters. The zero-order chi connectivity index (χ0) is 20.9. The molecule has 2 aromatic carbocycles. The lowest BCUT2D eigenvalue weighted by molar-refractivity contribution is -0.121. The van der Waals surface area contributed by atoms with Crippen molar-refractivity contribution in [1.82, 2.24) is 5.32 Å². The van der Waals surface area contributed by atoms with Crippen LogP contribution in [0.5, 0.6) is 5.75 Å². The Morgan fingerprint density at radius 3 is 2.39 bits per heavy atom. The SMILES string of the molecule is Cc1ccc(OCCNC(=O)[C@@H](C)N(c2ccc(F)cc2)S(C)(=O)=O)c(C)c1. The highest BCUT2D eigenvalue weighted by Gasteiger charge is 2.28. The Labute approximate surface area is 165 Å². The van der Waals surface area contributed by atoms with Gasteiger partial charge in [0.05, 0.1) is 18.5 Å². The highest BCUT2D eigenvalue weighted by molar-refractivity contribution is 7.92. The molecule has 0 spiro atoms. The number of benzene rings is 2. The Kier molecular flexibility index (Phi) is 7.01. The molecule has 1 amide bonds. The summed E-state index contributed by atoms with van der Waals surface area (Å²) in [5.41, 5.74) is 2.35. The van der Waals surface area contributed by atoms with Gasteiger partial charge in [0.2, 0.25) is 15.9 Å². The van der Waals surface area contributed by atoms with Crippen molar-refractivity contribution in [2.24, 2.45) is 0 Å². The highest BCUT2D eigenvalue weighted by atomic mass is 32.2. The monoisotopic (exact) mass is 408 g/mol. The Bertz CT molecular complexity index is 930. The molecular formula is C20H25FN2O4S. The third kappa shape index (κ3) is 5.69. The molecule has 0 saturated heterocycles. The molecular weight excluding hydrogens is 383 g/mol. The molecule has 0 aliphatic carbocycles. The lowest BCUT2D eigenvalue weighted by atomic mass is 10.1. The van der Waals surface area contributed by atoms with E-state index < -0.39 is 27.8 Å². The molecule has 2 rings (SSSR count). The number of hydrogen-bond donors (Lipinski definition) is 1. The normalized spacial score (nSPS) is 12.3. The summed E-state index contributed by atoms with van der Waals surface area (Å²) < 4.78 is 44.1. The number of halogens is 1. The summed E-state index contributed by atoms with van der Waals surface area (Å²) in [6, 6.07) is 9.76. The smallest absolute Gasteiger partial charge is 0.243 e. The van der Waals surface area contributed by atoms with Crippen LogP contribution in [0.1, 0.15) is 18.1 Å². The van der Waals surface area contributed by atoms with Gasteiger partial charge in [-0.15, -0.1) is 0 Å². The first-order chi connectivity index (χ1) is 13.1. The predicted octanol–water partition coefficient (Wildman–Crippen LogP) is 2.79. The summed E-state index contributed by atoms with van der Waals surface area (Å²) in [6.45, 7) is 5.88. The van der Waals surface area contributed by atoms with E-state index >= 15 is 0 Å². The van der Waals surface area contributed by atoms with E-state index in [1.54, 1.807) is 0 Å². The predicted molar refractivity (Wildman–Crippen MR) is 108 cm³/mol. The third-order valence-corrected chi connectivity index (χ3v) is 5.40. The standard InChI is InChI=1S/C20H25FN2O4S/c1-14-5-10-19(15(2)13-14)27-12-11-22-20(24)16(3)23(28(4,25)26)18-8-6-17(21)7-9-18/h5-10,13,16H,11-12H2,1-4H3,(H,22,24)/t16-/m1/s1. The third-order valence-electron chi connectivity index (χ3n) is 4.16. The molecule has 8 heteroatoms. The van der Waals surface area contributed by atoms with Gasteiger partial charge in [-0.1, -0.05) is 17.7 Å². The van der Waals surface area contributed by atoms with Gasteiger partial charge in [0.15, 0.2) is 0 Å². The van der Waals surface area contributed by atoms with Gasteiger partial charge in [0.1, 0.15) is 24.2 Å². The van der Waals surface area contributed by atoms with Crippen molar-refractivity contribution in [3.63, 3.8) is 0 Å². The molecule has 152 valence electrons. The molecule has 0 saturated carbocycles. The van der Waals surface area contributed by atoms with E-state index in [-0.39, 0.29) is 18.8 Å². The van der Waals surface area contributed by atoms with Gasteiger partial charge in [-0.2, -0.15) is 0 Å². The van der Waals surface area contributed by atoms with Crippen LogP contribution in [0.15, 0.2) is 42.5 Å². The number of hydrogen-bond acceptors (Lipinski definition) is 4. The van der Waals surface area contributed by atoms with Crippen molar-refractivity contribution in [3.05, 3.63) is 59.4 Å². The number of anilines is 1. The number of rotatable bonds is 8. The minimum absolute atomic E-state index is 0.220. The fourth-order valence-electron chi connectivity index (χ4n) is 2.84. The minimum atomic E-state index is -3.74. The van der Waals surface area contributed by atoms with Crippen LogP contribution in [0.3, 0.4) is 0 Å². The first-order valence-electron chi connectivity index (χ1n) is 8.82. The molecule has 0 heterocycles. The van der Waals surface area contributed by atoms with Gasteiger partial charge in [-0.25, -0.2) is 12.8 Å². The van der Waals surface area contributed by atoms with Gasteiger partial charge >= 0.3 is 0 Å².